The van der Waals surface area contributed by atoms with E-state index in [0.29, 0.717) is 13.1 Å². The Bertz CT molecular complexity index is 1670. The molecule has 2 heterocycles. The summed E-state index contributed by atoms with van der Waals surface area (Å²) in [4.78, 5) is 47.3. The molecule has 0 aliphatic heterocycles. The lowest BCUT2D eigenvalue weighted by atomic mass is 10.0. The highest BCUT2D eigenvalue weighted by Crippen LogP contribution is 2.26. The van der Waals surface area contributed by atoms with Gasteiger partial charge in [-0.25, -0.2) is 9.78 Å². The molecular weight excluding hydrogens is 494 g/mol. The van der Waals surface area contributed by atoms with E-state index in [1.165, 1.54) is 0 Å². The van der Waals surface area contributed by atoms with Crippen LogP contribution in [0.2, 0.25) is 0 Å². The van der Waals surface area contributed by atoms with Crippen molar-refractivity contribution in [1.82, 2.24) is 9.97 Å². The monoisotopic (exact) mass is 521 g/mol. The minimum Gasteiger partial charge on any atom is -0.480 e. The summed E-state index contributed by atoms with van der Waals surface area (Å²) in [5, 5.41) is 18.1. The standard InChI is InChI=1S/C30H27N5O4/c1-2-35(18-20-11-14-31-15-12-20)26-25(27(36)28(26)37)34-24(30(38)39)17-19-7-9-22(10-8-19)33-29-23-6-4-3-5-21(23)13-16-32-29/h3-16,24,34H,2,17-18H2,1H3,(H,32,33)(H,38,39). The minimum absolute atomic E-state index is 0.0450. The van der Waals surface area contributed by atoms with Crippen molar-refractivity contribution in [3.8, 4) is 0 Å². The fourth-order valence-corrected chi connectivity index (χ4v) is 4.56. The number of hydrogen-bond acceptors (Lipinski definition) is 8. The van der Waals surface area contributed by atoms with Crippen LogP contribution in [0.25, 0.3) is 10.8 Å². The van der Waals surface area contributed by atoms with Gasteiger partial charge in [0.15, 0.2) is 0 Å². The molecule has 9 nitrogen and oxygen atoms in total. The molecule has 0 saturated carbocycles. The number of carbonyl (C=O) groups is 1. The van der Waals surface area contributed by atoms with Crippen LogP contribution >= 0.6 is 0 Å². The van der Waals surface area contributed by atoms with Gasteiger partial charge in [0.1, 0.15) is 23.2 Å². The molecule has 0 aliphatic rings. The Hall–Kier alpha value is -5.05. The van der Waals surface area contributed by atoms with Gasteiger partial charge in [-0.1, -0.05) is 36.4 Å². The van der Waals surface area contributed by atoms with Crippen molar-refractivity contribution >= 4 is 39.6 Å². The van der Waals surface area contributed by atoms with Gasteiger partial charge in [0, 0.05) is 49.2 Å². The molecule has 1 unspecified atom stereocenters. The summed E-state index contributed by atoms with van der Waals surface area (Å²) >= 11 is 0. The number of anilines is 4. The van der Waals surface area contributed by atoms with Gasteiger partial charge in [0.25, 0.3) is 10.9 Å². The van der Waals surface area contributed by atoms with E-state index in [1.807, 2.05) is 73.7 Å². The second-order valence-corrected chi connectivity index (χ2v) is 9.19. The van der Waals surface area contributed by atoms with Gasteiger partial charge in [-0.3, -0.25) is 14.6 Å². The van der Waals surface area contributed by atoms with Crippen LogP contribution in [0.15, 0.2) is 94.9 Å². The van der Waals surface area contributed by atoms with Gasteiger partial charge in [-0.05, 0) is 53.8 Å². The van der Waals surface area contributed by atoms with Crippen LogP contribution in [-0.4, -0.2) is 33.6 Å². The van der Waals surface area contributed by atoms with Crippen LogP contribution < -0.4 is 26.4 Å². The summed E-state index contributed by atoms with van der Waals surface area (Å²) < 4.78 is 0. The third kappa shape index (κ3) is 5.47. The Morgan fingerprint density at radius 1 is 0.923 bits per heavy atom. The van der Waals surface area contributed by atoms with E-state index in [0.717, 1.165) is 33.4 Å². The fraction of sp³-hybridized carbons (Fsp3) is 0.167. The quantitative estimate of drug-likeness (QED) is 0.220. The number of aliphatic carboxylic acids is 1. The lowest BCUT2D eigenvalue weighted by Crippen LogP contribution is -2.45. The van der Waals surface area contributed by atoms with Crippen molar-refractivity contribution in [3.63, 3.8) is 0 Å². The number of carboxylic acids is 1. The van der Waals surface area contributed by atoms with Gasteiger partial charge in [-0.15, -0.1) is 0 Å². The number of rotatable bonds is 11. The maximum atomic E-state index is 12.5. The molecule has 2 aromatic heterocycles. The maximum Gasteiger partial charge on any atom is 0.326 e. The molecule has 0 amide bonds. The number of pyridine rings is 2. The van der Waals surface area contributed by atoms with Crippen molar-refractivity contribution in [2.75, 3.05) is 22.1 Å². The van der Waals surface area contributed by atoms with E-state index in [1.54, 1.807) is 23.5 Å². The molecule has 0 fully saturated rings. The summed E-state index contributed by atoms with van der Waals surface area (Å²) in [6.45, 7) is 2.75. The van der Waals surface area contributed by atoms with E-state index in [-0.39, 0.29) is 17.8 Å². The molecule has 1 atom stereocenters. The van der Waals surface area contributed by atoms with Crippen molar-refractivity contribution in [2.45, 2.75) is 25.9 Å². The summed E-state index contributed by atoms with van der Waals surface area (Å²) in [5.41, 5.74) is 1.43. The number of carboxylic acid groups (broad SMARTS) is 1. The Labute approximate surface area is 224 Å². The van der Waals surface area contributed by atoms with Crippen molar-refractivity contribution < 1.29 is 9.90 Å². The summed E-state index contributed by atoms with van der Waals surface area (Å²) in [6.07, 6.45) is 5.18. The highest BCUT2D eigenvalue weighted by Gasteiger charge is 2.29. The van der Waals surface area contributed by atoms with E-state index >= 15 is 0 Å². The van der Waals surface area contributed by atoms with E-state index < -0.39 is 22.9 Å². The molecular formula is C30H27N5O4. The molecule has 5 rings (SSSR count). The van der Waals surface area contributed by atoms with Crippen molar-refractivity contribution in [1.29, 1.82) is 0 Å². The average Bonchev–Trinajstić information content (AvgIpc) is 2.97. The molecule has 0 radical (unpaired) electrons. The predicted octanol–water partition coefficient (Wildman–Crippen LogP) is 4.10. The van der Waals surface area contributed by atoms with Crippen molar-refractivity contribution in [2.24, 2.45) is 0 Å². The average molecular weight is 522 g/mol. The molecule has 0 bridgehead atoms. The van der Waals surface area contributed by atoms with Crippen LogP contribution in [-0.2, 0) is 17.8 Å². The summed E-state index contributed by atoms with van der Waals surface area (Å²) in [7, 11) is 0. The molecule has 3 aromatic carbocycles. The SMILES string of the molecule is CCN(Cc1ccncc1)c1c(NC(Cc2ccc(Nc3nccc4ccccc34)cc2)C(=O)O)c(=O)c1=O. The first-order valence-corrected chi connectivity index (χ1v) is 12.6. The molecule has 0 aliphatic carbocycles. The Balaban J connectivity index is 1.31. The molecule has 0 spiro atoms. The molecule has 39 heavy (non-hydrogen) atoms. The van der Waals surface area contributed by atoms with Gasteiger partial charge < -0.3 is 20.6 Å². The first kappa shape index (κ1) is 25.6. The summed E-state index contributed by atoms with van der Waals surface area (Å²) in [5.74, 6) is -0.390. The first-order chi connectivity index (χ1) is 18.9. The molecule has 196 valence electrons. The van der Waals surface area contributed by atoms with Gasteiger partial charge in [-0.2, -0.15) is 0 Å². The molecule has 9 heteroatoms. The van der Waals surface area contributed by atoms with Crippen LogP contribution in [0.5, 0.6) is 0 Å². The zero-order valence-electron chi connectivity index (χ0n) is 21.3. The number of aromatic nitrogens is 2. The highest BCUT2D eigenvalue weighted by atomic mass is 16.4. The summed E-state index contributed by atoms with van der Waals surface area (Å²) in [6, 6.07) is 19.8. The van der Waals surface area contributed by atoms with Crippen LogP contribution in [0.4, 0.5) is 22.9 Å². The maximum absolute atomic E-state index is 12.5. The van der Waals surface area contributed by atoms with Gasteiger partial charge in [0.2, 0.25) is 0 Å². The number of hydrogen-bond donors (Lipinski definition) is 3. The topological polar surface area (TPSA) is 125 Å². The predicted molar refractivity (Wildman–Crippen MR) is 153 cm³/mol. The second-order valence-electron chi connectivity index (χ2n) is 9.19. The first-order valence-electron chi connectivity index (χ1n) is 12.6. The van der Waals surface area contributed by atoms with Crippen molar-refractivity contribution in [3.05, 3.63) is 117 Å². The lowest BCUT2D eigenvalue weighted by molar-refractivity contribution is -0.137. The number of nitrogens with one attached hydrogen (secondary N) is 2. The Morgan fingerprint density at radius 2 is 1.67 bits per heavy atom. The van der Waals surface area contributed by atoms with E-state index in [4.69, 9.17) is 0 Å². The zero-order valence-corrected chi connectivity index (χ0v) is 21.3. The second kappa shape index (κ2) is 11.1. The Kier molecular flexibility index (Phi) is 7.31. The number of benzene rings is 2. The molecule has 0 saturated heterocycles. The molecule has 3 N–H and O–H groups in total. The third-order valence-electron chi connectivity index (χ3n) is 6.65. The smallest absolute Gasteiger partial charge is 0.326 e. The van der Waals surface area contributed by atoms with E-state index in [2.05, 4.69) is 20.6 Å². The minimum atomic E-state index is -1.12. The van der Waals surface area contributed by atoms with Crippen LogP contribution in [0, 0.1) is 0 Å². The van der Waals surface area contributed by atoms with Crippen LogP contribution in [0.3, 0.4) is 0 Å². The largest absolute Gasteiger partial charge is 0.480 e. The van der Waals surface area contributed by atoms with Gasteiger partial charge in [0.05, 0.1) is 0 Å². The van der Waals surface area contributed by atoms with Gasteiger partial charge >= 0.3 is 5.97 Å². The number of fused-ring (bicyclic) bond motifs is 1. The van der Waals surface area contributed by atoms with E-state index in [9.17, 15) is 19.5 Å². The molecule has 5 aromatic rings. The number of nitrogens with zero attached hydrogens (tertiary/aromatic N) is 3. The third-order valence-corrected chi connectivity index (χ3v) is 6.65. The Morgan fingerprint density at radius 3 is 2.38 bits per heavy atom. The highest BCUT2D eigenvalue weighted by molar-refractivity contribution is 5.93. The zero-order chi connectivity index (χ0) is 27.4. The fourth-order valence-electron chi connectivity index (χ4n) is 4.56. The van der Waals surface area contributed by atoms with Crippen LogP contribution in [0.1, 0.15) is 18.1 Å². The lowest BCUT2D eigenvalue weighted by Gasteiger charge is -2.28. The normalized spacial score (nSPS) is 11.8.